The first-order valence-electron chi connectivity index (χ1n) is 5.55. The highest BCUT2D eigenvalue weighted by molar-refractivity contribution is 7.11. The first kappa shape index (κ1) is 13.1. The highest BCUT2D eigenvalue weighted by Gasteiger charge is 2.08. The number of aromatic nitrogens is 1. The topological polar surface area (TPSA) is 68.0 Å². The SMILES string of the molecule is CCCC(N)CC(=O)NCc1cnc(C)s1. The van der Waals surface area contributed by atoms with Gasteiger partial charge in [-0.1, -0.05) is 13.3 Å². The third-order valence-corrected chi connectivity index (χ3v) is 3.15. The smallest absolute Gasteiger partial charge is 0.221 e. The zero-order valence-corrected chi connectivity index (χ0v) is 10.6. The molecule has 1 atom stereocenters. The van der Waals surface area contributed by atoms with Crippen molar-refractivity contribution >= 4 is 17.2 Å². The molecule has 5 heteroatoms. The number of aryl methyl sites for hydroxylation is 1. The number of nitrogens with zero attached hydrogens (tertiary/aromatic N) is 1. The molecule has 1 amide bonds. The summed E-state index contributed by atoms with van der Waals surface area (Å²) < 4.78 is 0. The summed E-state index contributed by atoms with van der Waals surface area (Å²) in [4.78, 5) is 16.7. The third kappa shape index (κ3) is 4.72. The van der Waals surface area contributed by atoms with Crippen molar-refractivity contribution in [2.45, 2.75) is 45.7 Å². The second-order valence-electron chi connectivity index (χ2n) is 3.88. The van der Waals surface area contributed by atoms with Gasteiger partial charge in [0, 0.05) is 23.5 Å². The summed E-state index contributed by atoms with van der Waals surface area (Å²) in [6, 6.07) is -0.0202. The largest absolute Gasteiger partial charge is 0.351 e. The Bertz CT molecular complexity index is 338. The molecule has 4 nitrogen and oxygen atoms in total. The minimum absolute atomic E-state index is 0.0202. The molecule has 1 aromatic heterocycles. The molecule has 1 aromatic rings. The lowest BCUT2D eigenvalue weighted by Crippen LogP contribution is -2.31. The Kier molecular flexibility index (Phi) is 5.42. The Balaban J connectivity index is 2.25. The van der Waals surface area contributed by atoms with E-state index in [-0.39, 0.29) is 11.9 Å². The van der Waals surface area contributed by atoms with Gasteiger partial charge in [0.2, 0.25) is 5.91 Å². The van der Waals surface area contributed by atoms with E-state index in [1.807, 2.05) is 6.92 Å². The highest BCUT2D eigenvalue weighted by Crippen LogP contribution is 2.10. The Hall–Kier alpha value is -0.940. The van der Waals surface area contributed by atoms with Crippen LogP contribution in [-0.2, 0) is 11.3 Å². The molecule has 0 aromatic carbocycles. The minimum Gasteiger partial charge on any atom is -0.351 e. The number of nitrogens with two attached hydrogens (primary N) is 1. The van der Waals surface area contributed by atoms with Gasteiger partial charge in [0.15, 0.2) is 0 Å². The van der Waals surface area contributed by atoms with Crippen LogP contribution >= 0.6 is 11.3 Å². The second-order valence-corrected chi connectivity index (χ2v) is 5.19. The van der Waals surface area contributed by atoms with Crippen LogP contribution in [0.4, 0.5) is 0 Å². The van der Waals surface area contributed by atoms with E-state index in [9.17, 15) is 4.79 Å². The number of hydrogen-bond acceptors (Lipinski definition) is 4. The first-order chi connectivity index (χ1) is 7.61. The van der Waals surface area contributed by atoms with Crippen LogP contribution in [0.25, 0.3) is 0 Å². The lowest BCUT2D eigenvalue weighted by molar-refractivity contribution is -0.121. The number of carbonyl (C=O) groups excluding carboxylic acids is 1. The summed E-state index contributed by atoms with van der Waals surface area (Å²) in [7, 11) is 0. The van der Waals surface area contributed by atoms with E-state index in [0.717, 1.165) is 22.7 Å². The van der Waals surface area contributed by atoms with Crippen LogP contribution in [0.5, 0.6) is 0 Å². The molecule has 0 fully saturated rings. The Labute approximate surface area is 100 Å². The molecule has 0 radical (unpaired) electrons. The molecule has 0 bridgehead atoms. The van der Waals surface area contributed by atoms with Crippen molar-refractivity contribution in [1.29, 1.82) is 0 Å². The molecule has 0 saturated heterocycles. The van der Waals surface area contributed by atoms with E-state index < -0.39 is 0 Å². The molecule has 0 aliphatic rings. The molecule has 1 rings (SSSR count). The summed E-state index contributed by atoms with van der Waals surface area (Å²) in [6.45, 7) is 4.58. The van der Waals surface area contributed by atoms with Crippen molar-refractivity contribution in [3.05, 3.63) is 16.1 Å². The average molecular weight is 241 g/mol. The third-order valence-electron chi connectivity index (χ3n) is 2.24. The van der Waals surface area contributed by atoms with Gasteiger partial charge in [0.05, 0.1) is 11.6 Å². The average Bonchev–Trinajstić information content (AvgIpc) is 2.61. The van der Waals surface area contributed by atoms with Gasteiger partial charge >= 0.3 is 0 Å². The zero-order valence-electron chi connectivity index (χ0n) is 9.82. The summed E-state index contributed by atoms with van der Waals surface area (Å²) in [6.07, 6.45) is 4.12. The van der Waals surface area contributed by atoms with Crippen LogP contribution in [0.1, 0.15) is 36.1 Å². The summed E-state index contributed by atoms with van der Waals surface area (Å²) >= 11 is 1.60. The monoisotopic (exact) mass is 241 g/mol. The van der Waals surface area contributed by atoms with Crippen molar-refractivity contribution in [3.63, 3.8) is 0 Å². The van der Waals surface area contributed by atoms with Gasteiger partial charge in [0.25, 0.3) is 0 Å². The van der Waals surface area contributed by atoms with Gasteiger partial charge in [-0.3, -0.25) is 4.79 Å². The molecular weight excluding hydrogens is 222 g/mol. The Morgan fingerprint density at radius 1 is 1.69 bits per heavy atom. The van der Waals surface area contributed by atoms with Crippen LogP contribution in [0.15, 0.2) is 6.20 Å². The molecule has 90 valence electrons. The van der Waals surface area contributed by atoms with E-state index >= 15 is 0 Å². The highest BCUT2D eigenvalue weighted by atomic mass is 32.1. The number of nitrogens with one attached hydrogen (secondary N) is 1. The fourth-order valence-electron chi connectivity index (χ4n) is 1.46. The van der Waals surface area contributed by atoms with Gasteiger partial charge < -0.3 is 11.1 Å². The first-order valence-corrected chi connectivity index (χ1v) is 6.37. The quantitative estimate of drug-likeness (QED) is 0.794. The van der Waals surface area contributed by atoms with Crippen molar-refractivity contribution in [2.24, 2.45) is 5.73 Å². The zero-order chi connectivity index (χ0) is 12.0. The van der Waals surface area contributed by atoms with E-state index in [1.54, 1.807) is 17.5 Å². The van der Waals surface area contributed by atoms with Gasteiger partial charge in [0.1, 0.15) is 0 Å². The van der Waals surface area contributed by atoms with Gasteiger partial charge in [-0.15, -0.1) is 11.3 Å². The lowest BCUT2D eigenvalue weighted by Gasteiger charge is -2.09. The van der Waals surface area contributed by atoms with Gasteiger partial charge in [-0.05, 0) is 13.3 Å². The lowest BCUT2D eigenvalue weighted by atomic mass is 10.1. The number of carbonyl (C=O) groups is 1. The van der Waals surface area contributed by atoms with E-state index in [1.165, 1.54) is 0 Å². The fourth-order valence-corrected chi connectivity index (χ4v) is 2.19. The molecule has 0 saturated carbocycles. The van der Waals surface area contributed by atoms with Crippen LogP contribution in [0.2, 0.25) is 0 Å². The van der Waals surface area contributed by atoms with E-state index in [4.69, 9.17) is 5.73 Å². The maximum Gasteiger partial charge on any atom is 0.221 e. The molecule has 1 unspecified atom stereocenters. The molecule has 0 aliphatic heterocycles. The van der Waals surface area contributed by atoms with Crippen LogP contribution < -0.4 is 11.1 Å². The van der Waals surface area contributed by atoms with Crippen molar-refractivity contribution in [2.75, 3.05) is 0 Å². The minimum atomic E-state index is -0.0202. The van der Waals surface area contributed by atoms with Crippen molar-refractivity contribution in [3.8, 4) is 0 Å². The number of rotatable bonds is 6. The van der Waals surface area contributed by atoms with Gasteiger partial charge in [-0.25, -0.2) is 4.98 Å². The summed E-state index contributed by atoms with van der Waals surface area (Å²) in [5, 5.41) is 3.87. The van der Waals surface area contributed by atoms with Crippen molar-refractivity contribution < 1.29 is 4.79 Å². The molecular formula is C11H19N3OS. The molecule has 0 aliphatic carbocycles. The molecule has 16 heavy (non-hydrogen) atoms. The second kappa shape index (κ2) is 6.60. The van der Waals surface area contributed by atoms with Gasteiger partial charge in [-0.2, -0.15) is 0 Å². The fraction of sp³-hybridized carbons (Fsp3) is 0.636. The Morgan fingerprint density at radius 2 is 2.44 bits per heavy atom. The number of hydrogen-bond donors (Lipinski definition) is 2. The van der Waals surface area contributed by atoms with Crippen molar-refractivity contribution in [1.82, 2.24) is 10.3 Å². The maximum absolute atomic E-state index is 11.5. The number of thiazole rings is 1. The Morgan fingerprint density at radius 3 is 3.00 bits per heavy atom. The normalized spacial score (nSPS) is 12.4. The predicted octanol–water partition coefficient (Wildman–Crippen LogP) is 1.59. The maximum atomic E-state index is 11.5. The predicted molar refractivity (Wildman–Crippen MR) is 66.2 cm³/mol. The van der Waals surface area contributed by atoms with Crippen LogP contribution in [-0.4, -0.2) is 16.9 Å². The molecule has 0 spiro atoms. The molecule has 1 heterocycles. The standard InChI is InChI=1S/C11H19N3OS/c1-3-4-9(12)5-11(15)14-7-10-6-13-8(2)16-10/h6,9H,3-5,7,12H2,1-2H3,(H,14,15). The summed E-state index contributed by atoms with van der Waals surface area (Å²) in [5.74, 6) is 0.0204. The van der Waals surface area contributed by atoms with E-state index in [2.05, 4.69) is 17.2 Å². The van der Waals surface area contributed by atoms with Crippen LogP contribution in [0.3, 0.4) is 0 Å². The van der Waals surface area contributed by atoms with Crippen LogP contribution in [0, 0.1) is 6.92 Å². The number of amides is 1. The van der Waals surface area contributed by atoms with E-state index in [0.29, 0.717) is 13.0 Å². The molecule has 3 N–H and O–H groups in total. The summed E-state index contributed by atoms with van der Waals surface area (Å²) in [5.41, 5.74) is 5.79.